The van der Waals surface area contributed by atoms with E-state index < -0.39 is 6.10 Å². The molecule has 1 saturated carbocycles. The molecule has 3 atom stereocenters. The number of ether oxygens (including phenoxy) is 1. The van der Waals surface area contributed by atoms with Crippen molar-refractivity contribution >= 4 is 5.97 Å². The van der Waals surface area contributed by atoms with Gasteiger partial charge in [-0.05, 0) is 31.3 Å². The number of carbonyl (C=O) groups excluding carboxylic acids is 1. The average molecular weight is 270 g/mol. The summed E-state index contributed by atoms with van der Waals surface area (Å²) in [5.41, 5.74) is 1.15. The van der Waals surface area contributed by atoms with E-state index in [4.69, 9.17) is 17.6 Å². The molecule has 2 heteroatoms. The van der Waals surface area contributed by atoms with E-state index in [0.29, 0.717) is 6.42 Å². The lowest BCUT2D eigenvalue weighted by molar-refractivity contribution is -0.147. The highest BCUT2D eigenvalue weighted by atomic mass is 16.5. The molecule has 0 saturated heterocycles. The Morgan fingerprint density at radius 3 is 2.55 bits per heavy atom. The summed E-state index contributed by atoms with van der Waals surface area (Å²) in [7, 11) is 0. The molecule has 1 aliphatic rings. The van der Waals surface area contributed by atoms with Gasteiger partial charge in [0, 0.05) is 6.42 Å². The third kappa shape index (κ3) is 3.78. The molecule has 0 aromatic rings. The summed E-state index contributed by atoms with van der Waals surface area (Å²) in [5.74, 6) is 4.80. The van der Waals surface area contributed by atoms with Gasteiger partial charge >= 0.3 is 5.97 Å². The molecular formula is C18H22O2. The molecular weight excluding hydrogens is 248 g/mol. The van der Waals surface area contributed by atoms with Crippen molar-refractivity contribution in [2.45, 2.75) is 40.2 Å². The van der Waals surface area contributed by atoms with Crippen LogP contribution in [0.4, 0.5) is 0 Å². The largest absolute Gasteiger partial charge is 0.445 e. The molecule has 1 rings (SSSR count). The van der Waals surface area contributed by atoms with E-state index in [1.165, 1.54) is 5.57 Å². The van der Waals surface area contributed by atoms with Gasteiger partial charge in [-0.25, -0.2) is 0 Å². The molecule has 0 amide bonds. The van der Waals surface area contributed by atoms with Gasteiger partial charge in [0.15, 0.2) is 6.10 Å². The van der Waals surface area contributed by atoms with Crippen LogP contribution in [0.1, 0.15) is 34.1 Å². The fraction of sp³-hybridized carbons (Fsp3) is 0.500. The van der Waals surface area contributed by atoms with Crippen molar-refractivity contribution in [3.05, 3.63) is 23.8 Å². The van der Waals surface area contributed by atoms with E-state index in [9.17, 15) is 4.79 Å². The Balaban J connectivity index is 2.66. The van der Waals surface area contributed by atoms with Crippen LogP contribution < -0.4 is 0 Å². The first-order chi connectivity index (χ1) is 9.34. The van der Waals surface area contributed by atoms with Gasteiger partial charge in [-0.3, -0.25) is 4.79 Å². The van der Waals surface area contributed by atoms with Crippen molar-refractivity contribution in [1.82, 2.24) is 0 Å². The van der Waals surface area contributed by atoms with Crippen molar-refractivity contribution in [2.24, 2.45) is 17.3 Å². The first-order valence-corrected chi connectivity index (χ1v) is 6.76. The molecule has 0 aromatic heterocycles. The highest BCUT2D eigenvalue weighted by Crippen LogP contribution is 2.59. The normalized spacial score (nSPS) is 24.3. The second-order valence-electron chi connectivity index (χ2n) is 5.93. The summed E-state index contributed by atoms with van der Waals surface area (Å²) < 4.78 is 5.36. The monoisotopic (exact) mass is 270 g/mol. The number of hydrogen-bond donors (Lipinski definition) is 0. The predicted molar refractivity (Wildman–Crippen MR) is 81.5 cm³/mol. The van der Waals surface area contributed by atoms with Gasteiger partial charge in [0.25, 0.3) is 0 Å². The summed E-state index contributed by atoms with van der Waals surface area (Å²) in [6, 6.07) is 0. The zero-order valence-corrected chi connectivity index (χ0v) is 12.6. The second-order valence-corrected chi connectivity index (χ2v) is 5.93. The van der Waals surface area contributed by atoms with Gasteiger partial charge in [0.2, 0.25) is 0 Å². The lowest BCUT2D eigenvalue weighted by Crippen LogP contribution is -2.17. The number of hydrogen-bond acceptors (Lipinski definition) is 2. The van der Waals surface area contributed by atoms with E-state index in [2.05, 4.69) is 31.8 Å². The van der Waals surface area contributed by atoms with Crippen LogP contribution in [0.25, 0.3) is 0 Å². The van der Waals surface area contributed by atoms with Crippen LogP contribution in [0.5, 0.6) is 0 Å². The molecule has 3 unspecified atom stereocenters. The minimum absolute atomic E-state index is 0.0595. The third-order valence-corrected chi connectivity index (χ3v) is 3.63. The van der Waals surface area contributed by atoms with Crippen LogP contribution in [0.15, 0.2) is 23.8 Å². The number of terminal acetylenes is 2. The van der Waals surface area contributed by atoms with Gasteiger partial charge in [-0.2, -0.15) is 0 Å². The van der Waals surface area contributed by atoms with Crippen LogP contribution in [0.3, 0.4) is 0 Å². The Hall–Kier alpha value is -1.93. The first kappa shape index (κ1) is 16.1. The smallest absolute Gasteiger partial charge is 0.311 e. The minimum atomic E-state index is -0.639. The molecule has 1 fully saturated rings. The molecule has 0 spiro atoms. The molecule has 0 radical (unpaired) electrons. The second kappa shape index (κ2) is 6.49. The Kier molecular flexibility index (Phi) is 5.23. The minimum Gasteiger partial charge on any atom is -0.445 e. The lowest BCUT2D eigenvalue weighted by Gasteiger charge is -2.09. The number of carbonyl (C=O) groups is 1. The highest BCUT2D eigenvalue weighted by molar-refractivity contribution is 5.78. The molecule has 1 aliphatic carbocycles. The molecule has 0 heterocycles. The average Bonchev–Trinajstić information content (AvgIpc) is 2.88. The molecule has 106 valence electrons. The van der Waals surface area contributed by atoms with E-state index in [1.54, 1.807) is 12.2 Å². The van der Waals surface area contributed by atoms with Crippen molar-refractivity contribution in [2.75, 3.05) is 0 Å². The van der Waals surface area contributed by atoms with Crippen LogP contribution in [0, 0.1) is 41.9 Å². The van der Waals surface area contributed by atoms with Crippen molar-refractivity contribution in [1.29, 1.82) is 0 Å². The highest BCUT2D eigenvalue weighted by Gasteiger charge is 2.61. The number of esters is 1. The van der Waals surface area contributed by atoms with E-state index in [-0.39, 0.29) is 23.2 Å². The fourth-order valence-electron chi connectivity index (χ4n) is 2.39. The summed E-state index contributed by atoms with van der Waals surface area (Å²) in [6.07, 6.45) is 15.9. The fourth-order valence-corrected chi connectivity index (χ4v) is 2.39. The van der Waals surface area contributed by atoms with Gasteiger partial charge in [-0.1, -0.05) is 37.5 Å². The van der Waals surface area contributed by atoms with Crippen LogP contribution in [-0.2, 0) is 9.53 Å². The Labute approximate surface area is 122 Å². The summed E-state index contributed by atoms with van der Waals surface area (Å²) in [4.78, 5) is 12.2. The first-order valence-electron chi connectivity index (χ1n) is 6.76. The van der Waals surface area contributed by atoms with Gasteiger partial charge < -0.3 is 4.74 Å². The topological polar surface area (TPSA) is 26.3 Å². The van der Waals surface area contributed by atoms with Gasteiger partial charge in [0.1, 0.15) is 0 Å². The maximum Gasteiger partial charge on any atom is 0.311 e. The van der Waals surface area contributed by atoms with Crippen molar-refractivity contribution < 1.29 is 9.53 Å². The number of rotatable bonds is 5. The molecule has 0 aromatic carbocycles. The molecule has 0 N–H and O–H groups in total. The zero-order chi connectivity index (χ0) is 15.3. The van der Waals surface area contributed by atoms with Gasteiger partial charge in [-0.15, -0.1) is 18.8 Å². The maximum atomic E-state index is 12.2. The summed E-state index contributed by atoms with van der Waals surface area (Å²) in [6.45, 7) is 8.21. The number of allylic oxidation sites excluding steroid dienone is 3. The molecule has 0 aliphatic heterocycles. The van der Waals surface area contributed by atoms with Crippen LogP contribution in [0.2, 0.25) is 0 Å². The Bertz CT molecular complexity index is 505. The molecule has 0 bridgehead atoms. The summed E-state index contributed by atoms with van der Waals surface area (Å²) in [5, 5.41) is 0. The molecule has 20 heavy (non-hydrogen) atoms. The van der Waals surface area contributed by atoms with E-state index in [0.717, 1.165) is 0 Å². The van der Waals surface area contributed by atoms with E-state index in [1.807, 2.05) is 13.8 Å². The Morgan fingerprint density at radius 1 is 1.40 bits per heavy atom. The van der Waals surface area contributed by atoms with Crippen molar-refractivity contribution in [3.8, 4) is 24.7 Å². The van der Waals surface area contributed by atoms with E-state index >= 15 is 0 Å². The van der Waals surface area contributed by atoms with Gasteiger partial charge in [0.05, 0.1) is 5.92 Å². The zero-order valence-electron chi connectivity index (χ0n) is 12.6. The molecule has 2 nitrogen and oxygen atoms in total. The summed E-state index contributed by atoms with van der Waals surface area (Å²) >= 11 is 0. The maximum absolute atomic E-state index is 12.2. The lowest BCUT2D eigenvalue weighted by atomic mass is 10.1. The standard InChI is InChI=1S/C18H22O2/c1-7-9-10-11-14(8-2)20-17(19)16-15(12-13(3)4)18(16,5)6/h1-2,10-12,14-16H,9H2,3-6H3. The van der Waals surface area contributed by atoms with Crippen LogP contribution >= 0.6 is 0 Å². The SMILES string of the molecule is C#CCC=CC(C#C)OC(=O)C1C(C=C(C)C)C1(C)C. The predicted octanol–water partition coefficient (Wildman–Crippen LogP) is 3.35. The van der Waals surface area contributed by atoms with Crippen molar-refractivity contribution in [3.63, 3.8) is 0 Å². The van der Waals surface area contributed by atoms with Crippen LogP contribution in [-0.4, -0.2) is 12.1 Å². The third-order valence-electron chi connectivity index (χ3n) is 3.63. The quantitative estimate of drug-likeness (QED) is 0.435. The Morgan fingerprint density at radius 2 is 2.05 bits per heavy atom.